The second kappa shape index (κ2) is 5.88. The Bertz CT molecular complexity index is 994. The Labute approximate surface area is 138 Å². The molecule has 0 spiro atoms. The van der Waals surface area contributed by atoms with Crippen LogP contribution in [0.1, 0.15) is 12.5 Å². The van der Waals surface area contributed by atoms with Crippen molar-refractivity contribution in [2.24, 2.45) is 4.99 Å². The lowest BCUT2D eigenvalue weighted by Gasteiger charge is -2.15. The van der Waals surface area contributed by atoms with Crippen molar-refractivity contribution in [1.29, 1.82) is 0 Å². The van der Waals surface area contributed by atoms with E-state index in [4.69, 9.17) is 4.42 Å². The van der Waals surface area contributed by atoms with Crippen molar-refractivity contribution < 1.29 is 4.42 Å². The van der Waals surface area contributed by atoms with E-state index >= 15 is 0 Å². The number of anilines is 1. The van der Waals surface area contributed by atoms with Crippen LogP contribution in [-0.4, -0.2) is 29.4 Å². The van der Waals surface area contributed by atoms with Gasteiger partial charge in [0.1, 0.15) is 5.82 Å². The van der Waals surface area contributed by atoms with Gasteiger partial charge in [0.2, 0.25) is 5.89 Å². The Morgan fingerprint density at radius 3 is 2.96 bits per heavy atom. The lowest BCUT2D eigenvalue weighted by molar-refractivity contribution is 0.517. The highest BCUT2D eigenvalue weighted by molar-refractivity contribution is 5.87. The van der Waals surface area contributed by atoms with Gasteiger partial charge in [0, 0.05) is 12.7 Å². The van der Waals surface area contributed by atoms with Gasteiger partial charge in [-0.1, -0.05) is 19.1 Å². The van der Waals surface area contributed by atoms with Crippen LogP contribution in [0.5, 0.6) is 0 Å². The van der Waals surface area contributed by atoms with Gasteiger partial charge in [-0.3, -0.25) is 4.99 Å². The first-order chi connectivity index (χ1) is 11.8. The topological polar surface area (TPSA) is 71.6 Å². The van der Waals surface area contributed by atoms with Crippen LogP contribution in [0.3, 0.4) is 0 Å². The first-order valence-electron chi connectivity index (χ1n) is 7.92. The standard InChI is InChI=1S/C18H16N4O2/c1-2-12-5-3-7-14-15(12)18(23)24-17(21-14)13-6-4-8-20-16(13)22-10-9-19-11-22/h3-8,11H,2,9-10H2,1H3. The Morgan fingerprint density at radius 2 is 2.17 bits per heavy atom. The minimum Gasteiger partial charge on any atom is -0.403 e. The van der Waals surface area contributed by atoms with E-state index in [1.807, 2.05) is 36.1 Å². The van der Waals surface area contributed by atoms with Crippen molar-refractivity contribution in [2.45, 2.75) is 13.3 Å². The number of aliphatic imine (C=N–C) groups is 1. The van der Waals surface area contributed by atoms with Crippen molar-refractivity contribution in [2.75, 3.05) is 18.0 Å². The zero-order chi connectivity index (χ0) is 16.5. The molecule has 0 amide bonds. The summed E-state index contributed by atoms with van der Waals surface area (Å²) in [6.07, 6.45) is 4.21. The fourth-order valence-corrected chi connectivity index (χ4v) is 2.93. The van der Waals surface area contributed by atoms with E-state index < -0.39 is 0 Å². The highest BCUT2D eigenvalue weighted by Gasteiger charge is 2.19. The molecule has 3 heterocycles. The van der Waals surface area contributed by atoms with Crippen LogP contribution in [0.15, 0.2) is 50.7 Å². The summed E-state index contributed by atoms with van der Waals surface area (Å²) in [5.74, 6) is 0.976. The van der Waals surface area contributed by atoms with Gasteiger partial charge in [0.25, 0.3) is 0 Å². The van der Waals surface area contributed by atoms with Gasteiger partial charge in [-0.2, -0.15) is 0 Å². The van der Waals surface area contributed by atoms with E-state index in [2.05, 4.69) is 15.0 Å². The van der Waals surface area contributed by atoms with Gasteiger partial charge >= 0.3 is 5.63 Å². The summed E-state index contributed by atoms with van der Waals surface area (Å²) in [7, 11) is 0. The van der Waals surface area contributed by atoms with Crippen molar-refractivity contribution in [3.05, 3.63) is 52.5 Å². The molecule has 4 rings (SSSR count). The molecule has 6 heteroatoms. The summed E-state index contributed by atoms with van der Waals surface area (Å²) in [4.78, 5) is 27.6. The maximum absolute atomic E-state index is 12.5. The third-order valence-electron chi connectivity index (χ3n) is 4.11. The van der Waals surface area contributed by atoms with Crippen molar-refractivity contribution in [3.63, 3.8) is 0 Å². The molecule has 0 unspecified atom stereocenters. The third-order valence-corrected chi connectivity index (χ3v) is 4.11. The maximum Gasteiger partial charge on any atom is 0.347 e. The molecule has 120 valence electrons. The SMILES string of the molecule is CCc1cccc2nc(-c3cccnc3N3C=NCC3)oc(=O)c12. The fourth-order valence-electron chi connectivity index (χ4n) is 2.93. The van der Waals surface area contributed by atoms with Crippen LogP contribution in [0, 0.1) is 0 Å². The van der Waals surface area contributed by atoms with E-state index in [0.717, 1.165) is 25.1 Å². The monoisotopic (exact) mass is 320 g/mol. The lowest BCUT2D eigenvalue weighted by atomic mass is 10.1. The van der Waals surface area contributed by atoms with E-state index in [1.165, 1.54) is 0 Å². The van der Waals surface area contributed by atoms with Crippen molar-refractivity contribution in [1.82, 2.24) is 9.97 Å². The zero-order valence-electron chi connectivity index (χ0n) is 13.3. The molecule has 1 aliphatic heterocycles. The molecule has 0 saturated carbocycles. The van der Waals surface area contributed by atoms with E-state index in [0.29, 0.717) is 22.3 Å². The van der Waals surface area contributed by atoms with Gasteiger partial charge < -0.3 is 9.32 Å². The van der Waals surface area contributed by atoms with Gasteiger partial charge in [-0.15, -0.1) is 0 Å². The third kappa shape index (κ3) is 2.36. The van der Waals surface area contributed by atoms with E-state index in [1.54, 1.807) is 18.6 Å². The summed E-state index contributed by atoms with van der Waals surface area (Å²) in [5, 5.41) is 0.553. The molecule has 24 heavy (non-hydrogen) atoms. The summed E-state index contributed by atoms with van der Waals surface area (Å²) < 4.78 is 5.54. The van der Waals surface area contributed by atoms with Crippen LogP contribution in [0.2, 0.25) is 0 Å². The van der Waals surface area contributed by atoms with Crippen LogP contribution in [-0.2, 0) is 6.42 Å². The predicted octanol–water partition coefficient (Wildman–Crippen LogP) is 2.66. The first kappa shape index (κ1) is 14.6. The van der Waals surface area contributed by atoms with Crippen molar-refractivity contribution >= 4 is 23.1 Å². The predicted molar refractivity (Wildman–Crippen MR) is 93.6 cm³/mol. The van der Waals surface area contributed by atoms with Gasteiger partial charge in [-0.25, -0.2) is 14.8 Å². The highest BCUT2D eigenvalue weighted by Crippen LogP contribution is 2.28. The number of pyridine rings is 1. The molecule has 0 fully saturated rings. The maximum atomic E-state index is 12.5. The fraction of sp³-hybridized carbons (Fsp3) is 0.222. The summed E-state index contributed by atoms with van der Waals surface area (Å²) in [6.45, 7) is 3.49. The molecular weight excluding hydrogens is 304 g/mol. The second-order valence-corrected chi connectivity index (χ2v) is 5.56. The number of nitrogens with zero attached hydrogens (tertiary/aromatic N) is 4. The molecule has 1 aromatic carbocycles. The Morgan fingerprint density at radius 1 is 1.25 bits per heavy atom. The molecule has 0 atom stereocenters. The first-order valence-corrected chi connectivity index (χ1v) is 7.92. The molecule has 0 N–H and O–H groups in total. The number of aromatic nitrogens is 2. The lowest BCUT2D eigenvalue weighted by Crippen LogP contribution is -2.20. The van der Waals surface area contributed by atoms with Gasteiger partial charge in [0.05, 0.1) is 29.3 Å². The smallest absolute Gasteiger partial charge is 0.347 e. The number of fused-ring (bicyclic) bond motifs is 1. The minimum absolute atomic E-state index is 0.282. The number of hydrogen-bond donors (Lipinski definition) is 0. The molecule has 3 aromatic rings. The average molecular weight is 320 g/mol. The summed E-state index contributed by atoms with van der Waals surface area (Å²) >= 11 is 0. The quantitative estimate of drug-likeness (QED) is 0.742. The van der Waals surface area contributed by atoms with E-state index in [9.17, 15) is 4.79 Å². The van der Waals surface area contributed by atoms with Crippen molar-refractivity contribution in [3.8, 4) is 11.5 Å². The van der Waals surface area contributed by atoms with Gasteiger partial charge in [-0.05, 0) is 30.2 Å². The molecule has 1 aliphatic rings. The highest BCUT2D eigenvalue weighted by atomic mass is 16.4. The Hall–Kier alpha value is -3.02. The molecular formula is C18H16N4O2. The zero-order valence-corrected chi connectivity index (χ0v) is 13.3. The number of aryl methyl sites for hydroxylation is 1. The normalized spacial score (nSPS) is 13.8. The Balaban J connectivity index is 1.92. The van der Waals surface area contributed by atoms with Crippen LogP contribution < -0.4 is 10.5 Å². The Kier molecular flexibility index (Phi) is 3.57. The van der Waals surface area contributed by atoms with Crippen LogP contribution in [0.25, 0.3) is 22.4 Å². The molecule has 0 saturated heterocycles. The van der Waals surface area contributed by atoms with Gasteiger partial charge in [0.15, 0.2) is 0 Å². The number of benzene rings is 1. The second-order valence-electron chi connectivity index (χ2n) is 5.56. The number of hydrogen-bond acceptors (Lipinski definition) is 6. The average Bonchev–Trinajstić information content (AvgIpc) is 3.15. The molecule has 0 aliphatic carbocycles. The number of rotatable bonds is 3. The summed E-state index contributed by atoms with van der Waals surface area (Å²) in [5.41, 5.74) is 1.91. The van der Waals surface area contributed by atoms with Crippen LogP contribution >= 0.6 is 0 Å². The van der Waals surface area contributed by atoms with Crippen LogP contribution in [0.4, 0.5) is 5.82 Å². The molecule has 6 nitrogen and oxygen atoms in total. The minimum atomic E-state index is -0.364. The molecule has 0 radical (unpaired) electrons. The largest absolute Gasteiger partial charge is 0.403 e. The molecule has 0 bridgehead atoms. The summed E-state index contributed by atoms with van der Waals surface area (Å²) in [6, 6.07) is 9.34. The molecule has 2 aromatic heterocycles. The van der Waals surface area contributed by atoms with E-state index in [-0.39, 0.29) is 11.5 Å².